The molecule has 43 heavy (non-hydrogen) atoms. The maximum absolute atomic E-state index is 14.0. The van der Waals surface area contributed by atoms with Crippen molar-refractivity contribution in [2.45, 2.75) is 59.2 Å². The van der Waals surface area contributed by atoms with E-state index in [4.69, 9.17) is 10.5 Å². The van der Waals surface area contributed by atoms with Crippen LogP contribution >= 0.6 is 15.9 Å². The lowest BCUT2D eigenvalue weighted by Crippen LogP contribution is -2.42. The topological polar surface area (TPSA) is 79.3 Å². The number of allylic oxidation sites excluding steroid dienone is 3. The van der Waals surface area contributed by atoms with Crippen LogP contribution in [0.15, 0.2) is 87.8 Å². The third-order valence-corrected chi connectivity index (χ3v) is 8.56. The van der Waals surface area contributed by atoms with Gasteiger partial charge in [-0.2, -0.15) is 18.4 Å². The number of anilines is 1. The summed E-state index contributed by atoms with van der Waals surface area (Å²) in [6.45, 7) is 8.02. The number of rotatable bonds is 5. The molecular weight excluding hydrogens is 619 g/mol. The molecule has 5 rings (SSSR count). The van der Waals surface area contributed by atoms with Crippen molar-refractivity contribution in [2.24, 2.45) is 11.1 Å². The molecule has 2 aliphatic rings. The Labute approximate surface area is 257 Å². The van der Waals surface area contributed by atoms with Gasteiger partial charge in [-0.15, -0.1) is 0 Å². The number of nitrogens with zero attached hydrogens (tertiary/aromatic N) is 2. The van der Waals surface area contributed by atoms with E-state index in [1.54, 1.807) is 0 Å². The van der Waals surface area contributed by atoms with E-state index >= 15 is 0 Å². The Bertz CT molecular complexity index is 1720. The van der Waals surface area contributed by atoms with Crippen LogP contribution in [0.25, 0.3) is 0 Å². The number of carbonyl (C=O) groups is 1. The highest BCUT2D eigenvalue weighted by Crippen LogP contribution is 2.51. The van der Waals surface area contributed by atoms with Crippen molar-refractivity contribution in [2.75, 3.05) is 4.90 Å². The van der Waals surface area contributed by atoms with E-state index in [9.17, 15) is 23.2 Å². The largest absolute Gasteiger partial charge is 0.489 e. The number of hydrogen-bond acceptors (Lipinski definition) is 5. The molecule has 3 aromatic carbocycles. The Morgan fingerprint density at radius 1 is 1.09 bits per heavy atom. The first-order valence-corrected chi connectivity index (χ1v) is 14.6. The SMILES string of the molecule is Cc1cc(COc2ccc(Br)cc2)c(C)c(C2C(C#N)=C(N)N(c3cccc(C(F)(F)F)c3)C3=C2C(=O)CC(C)(C)C3)c1. The van der Waals surface area contributed by atoms with E-state index in [2.05, 4.69) is 22.0 Å². The van der Waals surface area contributed by atoms with Gasteiger partial charge >= 0.3 is 6.18 Å². The molecule has 0 spiro atoms. The minimum Gasteiger partial charge on any atom is -0.489 e. The highest BCUT2D eigenvalue weighted by Gasteiger charge is 2.45. The van der Waals surface area contributed by atoms with Gasteiger partial charge in [0.25, 0.3) is 0 Å². The van der Waals surface area contributed by atoms with E-state index < -0.39 is 23.1 Å². The summed E-state index contributed by atoms with van der Waals surface area (Å²) in [6, 6.07) is 18.5. The predicted octanol–water partition coefficient (Wildman–Crippen LogP) is 8.60. The average molecular weight is 651 g/mol. The molecule has 1 aliphatic heterocycles. The zero-order valence-electron chi connectivity index (χ0n) is 24.3. The van der Waals surface area contributed by atoms with Crippen molar-refractivity contribution < 1.29 is 22.7 Å². The van der Waals surface area contributed by atoms with Crippen molar-refractivity contribution in [1.82, 2.24) is 0 Å². The third-order valence-electron chi connectivity index (χ3n) is 8.03. The molecule has 2 N–H and O–H groups in total. The standard InChI is InChI=1S/C34H31BrF3N3O2/c1-19-12-21(18-43-25-10-8-23(35)9-11-25)20(2)26(13-19)30-27(17-39)32(40)41(24-7-5-6-22(14-24)34(36,37)38)28-15-33(3,4)16-29(42)31(28)30/h5-14,30H,15-16,18,40H2,1-4H3. The van der Waals surface area contributed by atoms with E-state index in [1.807, 2.05) is 64.1 Å². The van der Waals surface area contributed by atoms with Crippen LogP contribution in [0.4, 0.5) is 18.9 Å². The number of nitriles is 1. The maximum Gasteiger partial charge on any atom is 0.416 e. The van der Waals surface area contributed by atoms with Gasteiger partial charge < -0.3 is 10.5 Å². The summed E-state index contributed by atoms with van der Waals surface area (Å²) >= 11 is 3.42. The zero-order valence-corrected chi connectivity index (χ0v) is 25.9. The molecule has 9 heteroatoms. The second kappa shape index (κ2) is 11.2. The third kappa shape index (κ3) is 5.94. The van der Waals surface area contributed by atoms with Gasteiger partial charge in [0.05, 0.1) is 23.1 Å². The van der Waals surface area contributed by atoms with Crippen LogP contribution in [0.5, 0.6) is 5.75 Å². The number of halogens is 4. The molecule has 1 aliphatic carbocycles. The first kappa shape index (κ1) is 30.4. The predicted molar refractivity (Wildman–Crippen MR) is 163 cm³/mol. The first-order chi connectivity index (χ1) is 20.2. The van der Waals surface area contributed by atoms with E-state index in [-0.39, 0.29) is 35.9 Å². The van der Waals surface area contributed by atoms with Crippen LogP contribution in [0, 0.1) is 30.6 Å². The van der Waals surface area contributed by atoms with Gasteiger partial charge in [0.1, 0.15) is 18.2 Å². The van der Waals surface area contributed by atoms with Crippen LogP contribution in [-0.2, 0) is 17.6 Å². The monoisotopic (exact) mass is 649 g/mol. The van der Waals surface area contributed by atoms with Gasteiger partial charge in [0.15, 0.2) is 5.78 Å². The normalized spacial score (nSPS) is 18.4. The summed E-state index contributed by atoms with van der Waals surface area (Å²) in [4.78, 5) is 15.4. The smallest absolute Gasteiger partial charge is 0.416 e. The number of hydrogen-bond donors (Lipinski definition) is 1. The first-order valence-electron chi connectivity index (χ1n) is 13.8. The summed E-state index contributed by atoms with van der Waals surface area (Å²) < 4.78 is 48.1. The lowest BCUT2D eigenvalue weighted by Gasteiger charge is -2.44. The van der Waals surface area contributed by atoms with Crippen molar-refractivity contribution >= 4 is 27.4 Å². The second-order valence-electron chi connectivity index (χ2n) is 11.9. The molecule has 0 saturated carbocycles. The van der Waals surface area contributed by atoms with Crippen LogP contribution in [0.3, 0.4) is 0 Å². The molecule has 5 nitrogen and oxygen atoms in total. The summed E-state index contributed by atoms with van der Waals surface area (Å²) in [5.74, 6) is -0.208. The summed E-state index contributed by atoms with van der Waals surface area (Å²) in [5, 5.41) is 10.5. The number of benzene rings is 3. The quantitative estimate of drug-likeness (QED) is 0.299. The molecule has 0 fully saturated rings. The molecule has 1 heterocycles. The minimum atomic E-state index is -4.57. The van der Waals surface area contributed by atoms with Gasteiger partial charge in [-0.25, -0.2) is 0 Å². The molecule has 0 radical (unpaired) electrons. The fourth-order valence-electron chi connectivity index (χ4n) is 6.04. The van der Waals surface area contributed by atoms with Gasteiger partial charge in [-0.1, -0.05) is 53.5 Å². The molecule has 0 bridgehead atoms. The molecule has 0 saturated heterocycles. The number of ketones is 1. The van der Waals surface area contributed by atoms with Crippen molar-refractivity contribution in [1.29, 1.82) is 5.26 Å². The lowest BCUT2D eigenvalue weighted by molar-refractivity contribution is -0.137. The zero-order chi connectivity index (χ0) is 31.3. The van der Waals surface area contributed by atoms with Crippen molar-refractivity contribution in [3.05, 3.63) is 116 Å². The molecule has 1 unspecified atom stereocenters. The number of alkyl halides is 3. The Morgan fingerprint density at radius 3 is 2.44 bits per heavy atom. The average Bonchev–Trinajstić information content (AvgIpc) is 2.92. The van der Waals surface area contributed by atoms with E-state index in [1.165, 1.54) is 17.0 Å². The number of Topliss-reactive ketones (excluding diaryl/α,β-unsaturated/α-hetero) is 1. The molecule has 1 atom stereocenters. The molecular formula is C34H31BrF3N3O2. The van der Waals surface area contributed by atoms with Crippen LogP contribution in [0.1, 0.15) is 60.4 Å². The van der Waals surface area contributed by atoms with Gasteiger partial charge in [-0.05, 0) is 84.8 Å². The minimum absolute atomic E-state index is 0.0182. The van der Waals surface area contributed by atoms with Crippen LogP contribution in [-0.4, -0.2) is 5.78 Å². The molecule has 0 amide bonds. The fourth-order valence-corrected chi connectivity index (χ4v) is 6.31. The number of aryl methyl sites for hydroxylation is 1. The van der Waals surface area contributed by atoms with Crippen LogP contribution in [0.2, 0.25) is 0 Å². The number of carbonyl (C=O) groups excluding carboxylic acids is 1. The maximum atomic E-state index is 14.0. The highest BCUT2D eigenvalue weighted by molar-refractivity contribution is 9.10. The molecule has 0 aromatic heterocycles. The highest BCUT2D eigenvalue weighted by atomic mass is 79.9. The van der Waals surface area contributed by atoms with Crippen molar-refractivity contribution in [3.8, 4) is 11.8 Å². The summed E-state index contributed by atoms with van der Waals surface area (Å²) in [6.07, 6.45) is -3.94. The van der Waals surface area contributed by atoms with Crippen molar-refractivity contribution in [3.63, 3.8) is 0 Å². The Balaban J connectivity index is 1.68. The fraction of sp³-hybridized carbons (Fsp3) is 0.294. The Kier molecular flexibility index (Phi) is 7.95. The molecule has 3 aromatic rings. The Morgan fingerprint density at radius 2 is 1.79 bits per heavy atom. The van der Waals surface area contributed by atoms with E-state index in [0.29, 0.717) is 23.4 Å². The summed E-state index contributed by atoms with van der Waals surface area (Å²) in [5.41, 5.74) is 9.99. The van der Waals surface area contributed by atoms with E-state index in [0.717, 1.165) is 38.9 Å². The number of nitrogens with two attached hydrogens (primary N) is 1. The Hall–Kier alpha value is -4.03. The van der Waals surface area contributed by atoms with Crippen LogP contribution < -0.4 is 15.4 Å². The number of ether oxygens (including phenoxy) is 1. The van der Waals surface area contributed by atoms with Gasteiger partial charge in [0, 0.05) is 27.9 Å². The second-order valence-corrected chi connectivity index (χ2v) is 12.8. The van der Waals surface area contributed by atoms with Gasteiger partial charge in [0.2, 0.25) is 0 Å². The summed E-state index contributed by atoms with van der Waals surface area (Å²) in [7, 11) is 0. The van der Waals surface area contributed by atoms with Gasteiger partial charge in [-0.3, -0.25) is 9.69 Å². The molecule has 222 valence electrons. The lowest BCUT2D eigenvalue weighted by atomic mass is 9.68.